The Hall–Kier alpha value is -0.240. The van der Waals surface area contributed by atoms with Crippen molar-refractivity contribution in [3.05, 3.63) is 35.9 Å². The van der Waals surface area contributed by atoms with Gasteiger partial charge in [-0.1, -0.05) is 36.8 Å². The van der Waals surface area contributed by atoms with Gasteiger partial charge in [0.05, 0.1) is 0 Å². The van der Waals surface area contributed by atoms with E-state index in [1.165, 1.54) is 31.4 Å². The molecule has 1 aromatic carbocycles. The lowest BCUT2D eigenvalue weighted by Gasteiger charge is -2.35. The fourth-order valence-electron chi connectivity index (χ4n) is 2.54. The first kappa shape index (κ1) is 14.8. The van der Waals surface area contributed by atoms with Gasteiger partial charge in [0, 0.05) is 18.5 Å². The highest BCUT2D eigenvalue weighted by Crippen LogP contribution is 2.22. The smallest absolute Gasteiger partial charge is 0.0238 e. The van der Waals surface area contributed by atoms with E-state index >= 15 is 0 Å². The number of rotatable bonds is 4. The average Bonchev–Trinajstić information content (AvgIpc) is 2.33. The number of hydrogen-bond donors (Lipinski definition) is 0. The summed E-state index contributed by atoms with van der Waals surface area (Å²) in [6.45, 7) is 2.32. The molecule has 1 aliphatic heterocycles. The number of piperidine rings is 1. The second-order valence-electron chi connectivity index (χ2n) is 4.58. The van der Waals surface area contributed by atoms with E-state index in [0.717, 1.165) is 18.8 Å². The van der Waals surface area contributed by atoms with Crippen LogP contribution >= 0.6 is 24.0 Å². The van der Waals surface area contributed by atoms with Crippen molar-refractivity contribution in [1.29, 1.82) is 0 Å². The molecular formula is C14H21Cl2N. The van der Waals surface area contributed by atoms with Crippen LogP contribution in [-0.4, -0.2) is 23.4 Å². The van der Waals surface area contributed by atoms with Crippen molar-refractivity contribution in [2.75, 3.05) is 12.4 Å². The Kier molecular flexibility index (Phi) is 6.94. The summed E-state index contributed by atoms with van der Waals surface area (Å²) in [6.07, 6.45) is 5.16. The van der Waals surface area contributed by atoms with E-state index in [-0.39, 0.29) is 12.4 Å². The lowest BCUT2D eigenvalue weighted by atomic mass is 9.99. The molecule has 1 aromatic rings. The molecule has 2 rings (SSSR count). The molecule has 17 heavy (non-hydrogen) atoms. The molecule has 1 saturated heterocycles. The highest BCUT2D eigenvalue weighted by molar-refractivity contribution is 6.17. The Morgan fingerprint density at radius 1 is 1.18 bits per heavy atom. The quantitative estimate of drug-likeness (QED) is 0.747. The molecule has 0 aliphatic carbocycles. The van der Waals surface area contributed by atoms with Crippen molar-refractivity contribution < 1.29 is 0 Å². The number of hydrogen-bond acceptors (Lipinski definition) is 1. The SMILES string of the molecule is Cl.ClCCC1CCCCN1Cc1ccccc1. The van der Waals surface area contributed by atoms with Crippen molar-refractivity contribution in [3.8, 4) is 0 Å². The molecular weight excluding hydrogens is 253 g/mol. The van der Waals surface area contributed by atoms with Crippen LogP contribution in [0.15, 0.2) is 30.3 Å². The number of alkyl halides is 1. The summed E-state index contributed by atoms with van der Waals surface area (Å²) in [7, 11) is 0. The van der Waals surface area contributed by atoms with Gasteiger partial charge in [-0.3, -0.25) is 4.90 Å². The van der Waals surface area contributed by atoms with E-state index in [0.29, 0.717) is 6.04 Å². The zero-order chi connectivity index (χ0) is 11.2. The third-order valence-corrected chi connectivity index (χ3v) is 3.64. The van der Waals surface area contributed by atoms with E-state index in [9.17, 15) is 0 Å². The minimum absolute atomic E-state index is 0. The molecule has 1 fully saturated rings. The predicted octanol–water partition coefficient (Wildman–Crippen LogP) is 4.09. The van der Waals surface area contributed by atoms with Gasteiger partial charge in [-0.2, -0.15) is 0 Å². The van der Waals surface area contributed by atoms with Gasteiger partial charge in [-0.15, -0.1) is 24.0 Å². The molecule has 1 atom stereocenters. The van der Waals surface area contributed by atoms with E-state index in [4.69, 9.17) is 11.6 Å². The van der Waals surface area contributed by atoms with Gasteiger partial charge in [-0.25, -0.2) is 0 Å². The summed E-state index contributed by atoms with van der Waals surface area (Å²) < 4.78 is 0. The minimum atomic E-state index is 0. The van der Waals surface area contributed by atoms with E-state index in [1.807, 2.05) is 0 Å². The van der Waals surface area contributed by atoms with Gasteiger partial charge in [0.2, 0.25) is 0 Å². The lowest BCUT2D eigenvalue weighted by Crippen LogP contribution is -2.39. The summed E-state index contributed by atoms with van der Waals surface area (Å²) in [4.78, 5) is 2.60. The Balaban J connectivity index is 0.00000144. The normalized spacial score (nSPS) is 20.9. The maximum Gasteiger partial charge on any atom is 0.0238 e. The molecule has 0 aromatic heterocycles. The van der Waals surface area contributed by atoms with E-state index in [2.05, 4.69) is 35.2 Å². The summed E-state index contributed by atoms with van der Waals surface area (Å²) in [5.41, 5.74) is 1.42. The van der Waals surface area contributed by atoms with Crippen molar-refractivity contribution >= 4 is 24.0 Å². The van der Waals surface area contributed by atoms with Gasteiger partial charge in [0.15, 0.2) is 0 Å². The topological polar surface area (TPSA) is 3.24 Å². The molecule has 0 spiro atoms. The Morgan fingerprint density at radius 3 is 2.65 bits per heavy atom. The number of likely N-dealkylation sites (tertiary alicyclic amines) is 1. The number of halogens is 2. The van der Waals surface area contributed by atoms with Crippen LogP contribution in [0.1, 0.15) is 31.2 Å². The van der Waals surface area contributed by atoms with Crippen molar-refractivity contribution in [2.45, 2.75) is 38.3 Å². The predicted molar refractivity (Wildman–Crippen MR) is 77.1 cm³/mol. The van der Waals surface area contributed by atoms with Crippen molar-refractivity contribution in [1.82, 2.24) is 4.90 Å². The maximum absolute atomic E-state index is 5.88. The monoisotopic (exact) mass is 273 g/mol. The summed E-state index contributed by atoms with van der Waals surface area (Å²) in [5.74, 6) is 0.788. The first-order valence-corrected chi connectivity index (χ1v) is 6.77. The van der Waals surface area contributed by atoms with Crippen molar-refractivity contribution in [2.24, 2.45) is 0 Å². The van der Waals surface area contributed by atoms with Gasteiger partial charge in [-0.05, 0) is 31.4 Å². The molecule has 3 heteroatoms. The van der Waals surface area contributed by atoms with Crippen LogP contribution < -0.4 is 0 Å². The van der Waals surface area contributed by atoms with E-state index in [1.54, 1.807) is 0 Å². The Labute approximate surface area is 116 Å². The highest BCUT2D eigenvalue weighted by atomic mass is 35.5. The standard InChI is InChI=1S/C14H20ClN.ClH/c15-10-9-14-8-4-5-11-16(14)12-13-6-2-1-3-7-13;/h1-3,6-7,14H,4-5,8-12H2;1H. The summed E-state index contributed by atoms with van der Waals surface area (Å²) in [6, 6.07) is 11.5. The second-order valence-corrected chi connectivity index (χ2v) is 4.96. The van der Waals surface area contributed by atoms with Crippen LogP contribution in [0.4, 0.5) is 0 Å². The summed E-state index contributed by atoms with van der Waals surface area (Å²) in [5, 5.41) is 0. The molecule has 1 nitrogen and oxygen atoms in total. The minimum Gasteiger partial charge on any atom is -0.296 e. The molecule has 0 amide bonds. The Bertz CT molecular complexity index is 300. The molecule has 96 valence electrons. The highest BCUT2D eigenvalue weighted by Gasteiger charge is 2.21. The fourth-order valence-corrected chi connectivity index (χ4v) is 2.79. The van der Waals surface area contributed by atoms with E-state index < -0.39 is 0 Å². The van der Waals surface area contributed by atoms with Crippen LogP contribution in [0.5, 0.6) is 0 Å². The average molecular weight is 274 g/mol. The zero-order valence-electron chi connectivity index (χ0n) is 10.1. The molecule has 0 saturated carbocycles. The first-order chi connectivity index (χ1) is 7.90. The van der Waals surface area contributed by atoms with Crippen LogP contribution in [0, 0.1) is 0 Å². The van der Waals surface area contributed by atoms with Gasteiger partial charge < -0.3 is 0 Å². The molecule has 1 heterocycles. The zero-order valence-corrected chi connectivity index (χ0v) is 11.7. The van der Waals surface area contributed by atoms with Crippen molar-refractivity contribution in [3.63, 3.8) is 0 Å². The largest absolute Gasteiger partial charge is 0.296 e. The molecule has 1 aliphatic rings. The maximum atomic E-state index is 5.88. The van der Waals surface area contributed by atoms with Gasteiger partial charge in [0.25, 0.3) is 0 Å². The summed E-state index contributed by atoms with van der Waals surface area (Å²) >= 11 is 5.88. The molecule has 0 N–H and O–H groups in total. The lowest BCUT2D eigenvalue weighted by molar-refractivity contribution is 0.137. The molecule has 1 unspecified atom stereocenters. The molecule has 0 bridgehead atoms. The number of benzene rings is 1. The second kappa shape index (κ2) is 7.97. The molecule has 0 radical (unpaired) electrons. The van der Waals surface area contributed by atoms with Gasteiger partial charge in [0.1, 0.15) is 0 Å². The van der Waals surface area contributed by atoms with Crippen LogP contribution in [0.3, 0.4) is 0 Å². The third kappa shape index (κ3) is 4.50. The Morgan fingerprint density at radius 2 is 1.94 bits per heavy atom. The number of nitrogens with zero attached hydrogens (tertiary/aromatic N) is 1. The fraction of sp³-hybridized carbons (Fsp3) is 0.571. The third-order valence-electron chi connectivity index (χ3n) is 3.42. The van der Waals surface area contributed by atoms with Gasteiger partial charge >= 0.3 is 0 Å². The van der Waals surface area contributed by atoms with Crippen LogP contribution in [-0.2, 0) is 6.54 Å². The van der Waals surface area contributed by atoms with Crippen LogP contribution in [0.25, 0.3) is 0 Å². The van der Waals surface area contributed by atoms with Crippen LogP contribution in [0.2, 0.25) is 0 Å². The first-order valence-electron chi connectivity index (χ1n) is 6.24.